The zero-order chi connectivity index (χ0) is 19.6. The molecular formula is C19H18N2O6. The van der Waals surface area contributed by atoms with Gasteiger partial charge in [-0.3, -0.25) is 14.9 Å². The molecule has 27 heavy (non-hydrogen) atoms. The quantitative estimate of drug-likeness (QED) is 0.456. The molecule has 140 valence electrons. The van der Waals surface area contributed by atoms with E-state index >= 15 is 0 Å². The Balaban J connectivity index is 1.78. The van der Waals surface area contributed by atoms with Gasteiger partial charge in [-0.1, -0.05) is 18.2 Å². The van der Waals surface area contributed by atoms with Gasteiger partial charge in [-0.15, -0.1) is 0 Å². The monoisotopic (exact) mass is 370 g/mol. The molecule has 8 heteroatoms. The lowest BCUT2D eigenvalue weighted by molar-refractivity contribution is -0.385. The molecule has 3 rings (SSSR count). The standard InChI is InChI=1S/C19H18N2O6/c1-12-9-13-5-3-4-6-15(13)20(12)18(22)11-27-17-8-7-14(19(23)26-2)10-16(17)21(24)25/h3-8,10,12H,9,11H2,1-2H3/t12-/m0/s1. The van der Waals surface area contributed by atoms with Crippen LogP contribution in [-0.2, 0) is 16.0 Å². The predicted octanol–water partition coefficient (Wildman–Crippen LogP) is 2.74. The van der Waals surface area contributed by atoms with Crippen LogP contribution >= 0.6 is 0 Å². The van der Waals surface area contributed by atoms with E-state index in [1.54, 1.807) is 4.90 Å². The molecule has 0 bridgehead atoms. The fourth-order valence-corrected chi connectivity index (χ4v) is 3.18. The number of nitro groups is 1. The van der Waals surface area contributed by atoms with E-state index in [4.69, 9.17) is 4.74 Å². The first-order chi connectivity index (χ1) is 12.9. The third kappa shape index (κ3) is 3.59. The number of ether oxygens (including phenoxy) is 2. The van der Waals surface area contributed by atoms with Crippen molar-refractivity contribution < 1.29 is 24.0 Å². The Labute approximate surface area is 155 Å². The molecule has 0 radical (unpaired) electrons. The van der Waals surface area contributed by atoms with Gasteiger partial charge in [-0.05, 0) is 37.1 Å². The largest absolute Gasteiger partial charge is 0.477 e. The lowest BCUT2D eigenvalue weighted by Crippen LogP contribution is -2.39. The fourth-order valence-electron chi connectivity index (χ4n) is 3.18. The number of carbonyl (C=O) groups is 2. The summed E-state index contributed by atoms with van der Waals surface area (Å²) in [5.74, 6) is -1.07. The Kier molecular flexibility index (Phi) is 5.07. The van der Waals surface area contributed by atoms with Crippen LogP contribution in [0.3, 0.4) is 0 Å². The number of amides is 1. The van der Waals surface area contributed by atoms with Crippen molar-refractivity contribution in [1.82, 2.24) is 0 Å². The minimum absolute atomic E-state index is 0.0183. The minimum atomic E-state index is -0.691. The summed E-state index contributed by atoms with van der Waals surface area (Å²) in [5.41, 5.74) is 1.53. The molecule has 0 spiro atoms. The van der Waals surface area contributed by atoms with Crippen LogP contribution in [0.5, 0.6) is 5.75 Å². The van der Waals surface area contributed by atoms with Gasteiger partial charge in [0.15, 0.2) is 12.4 Å². The highest BCUT2D eigenvalue weighted by Crippen LogP contribution is 2.32. The molecule has 0 unspecified atom stereocenters. The van der Waals surface area contributed by atoms with E-state index in [2.05, 4.69) is 4.74 Å². The van der Waals surface area contributed by atoms with E-state index in [0.29, 0.717) is 0 Å². The van der Waals surface area contributed by atoms with Crippen LogP contribution in [0.4, 0.5) is 11.4 Å². The molecule has 2 aromatic carbocycles. The van der Waals surface area contributed by atoms with E-state index in [9.17, 15) is 19.7 Å². The molecule has 8 nitrogen and oxygen atoms in total. The molecule has 0 N–H and O–H groups in total. The first-order valence-corrected chi connectivity index (χ1v) is 8.32. The smallest absolute Gasteiger partial charge is 0.338 e. The maximum Gasteiger partial charge on any atom is 0.338 e. The third-order valence-electron chi connectivity index (χ3n) is 4.40. The number of carbonyl (C=O) groups excluding carboxylic acids is 2. The molecule has 1 atom stereocenters. The van der Waals surface area contributed by atoms with E-state index in [-0.39, 0.29) is 29.9 Å². The number of nitrogens with zero attached hydrogens (tertiary/aromatic N) is 2. The summed E-state index contributed by atoms with van der Waals surface area (Å²) in [5, 5.41) is 11.3. The zero-order valence-electron chi connectivity index (χ0n) is 14.9. The number of nitro benzene ring substituents is 1. The van der Waals surface area contributed by atoms with Crippen molar-refractivity contribution >= 4 is 23.3 Å². The average molecular weight is 370 g/mol. The Bertz CT molecular complexity index is 911. The number of methoxy groups -OCH3 is 1. The highest BCUT2D eigenvalue weighted by Gasteiger charge is 2.31. The number of hydrogen-bond donors (Lipinski definition) is 0. The lowest BCUT2D eigenvalue weighted by Gasteiger charge is -2.22. The number of para-hydroxylation sites is 1. The van der Waals surface area contributed by atoms with Gasteiger partial charge in [-0.25, -0.2) is 4.79 Å². The Morgan fingerprint density at radius 2 is 2.00 bits per heavy atom. The van der Waals surface area contributed by atoms with Gasteiger partial charge in [0.05, 0.1) is 17.6 Å². The summed E-state index contributed by atoms with van der Waals surface area (Å²) < 4.78 is 9.98. The molecule has 1 heterocycles. The maximum absolute atomic E-state index is 12.7. The Morgan fingerprint density at radius 1 is 1.26 bits per heavy atom. The Morgan fingerprint density at radius 3 is 2.70 bits per heavy atom. The Hall–Kier alpha value is -3.42. The van der Waals surface area contributed by atoms with E-state index in [1.165, 1.54) is 19.2 Å². The number of benzene rings is 2. The molecule has 1 aliphatic heterocycles. The zero-order valence-corrected chi connectivity index (χ0v) is 14.9. The summed E-state index contributed by atoms with van der Waals surface area (Å²) in [6.45, 7) is 1.59. The first-order valence-electron chi connectivity index (χ1n) is 8.32. The van der Waals surface area contributed by atoms with Crippen LogP contribution in [0.25, 0.3) is 0 Å². The van der Waals surface area contributed by atoms with Crippen LogP contribution < -0.4 is 9.64 Å². The molecule has 1 amide bonds. The molecule has 2 aromatic rings. The topological polar surface area (TPSA) is 99.0 Å². The van der Waals surface area contributed by atoms with Crippen molar-refractivity contribution in [3.05, 3.63) is 63.7 Å². The second-order valence-corrected chi connectivity index (χ2v) is 6.17. The molecule has 0 aliphatic carbocycles. The van der Waals surface area contributed by atoms with Crippen molar-refractivity contribution in [3.63, 3.8) is 0 Å². The average Bonchev–Trinajstić information content (AvgIpc) is 3.01. The number of fused-ring (bicyclic) bond motifs is 1. The summed E-state index contributed by atoms with van der Waals surface area (Å²) in [6, 6.07) is 11.3. The van der Waals surface area contributed by atoms with Crippen LogP contribution in [0, 0.1) is 10.1 Å². The summed E-state index contributed by atoms with van der Waals surface area (Å²) in [6.07, 6.45) is 0.746. The van der Waals surface area contributed by atoms with Crippen molar-refractivity contribution in [2.75, 3.05) is 18.6 Å². The van der Waals surface area contributed by atoms with Gasteiger partial charge >= 0.3 is 11.7 Å². The summed E-state index contributed by atoms with van der Waals surface area (Å²) >= 11 is 0. The van der Waals surface area contributed by atoms with Crippen molar-refractivity contribution in [3.8, 4) is 5.75 Å². The molecule has 0 saturated heterocycles. The lowest BCUT2D eigenvalue weighted by atomic mass is 10.1. The predicted molar refractivity (Wildman–Crippen MR) is 97.0 cm³/mol. The normalized spacial score (nSPS) is 15.2. The molecular weight excluding hydrogens is 352 g/mol. The second-order valence-electron chi connectivity index (χ2n) is 6.17. The number of hydrogen-bond acceptors (Lipinski definition) is 6. The van der Waals surface area contributed by atoms with Gasteiger partial charge in [-0.2, -0.15) is 0 Å². The van der Waals surface area contributed by atoms with Crippen LogP contribution in [0.2, 0.25) is 0 Å². The summed E-state index contributed by atoms with van der Waals surface area (Å²) in [4.78, 5) is 36.5. The molecule has 0 aromatic heterocycles. The van der Waals surface area contributed by atoms with Gasteiger partial charge in [0.25, 0.3) is 5.91 Å². The maximum atomic E-state index is 12.7. The third-order valence-corrected chi connectivity index (χ3v) is 4.40. The molecule has 0 saturated carbocycles. The van der Waals surface area contributed by atoms with Crippen LogP contribution in [-0.4, -0.2) is 36.6 Å². The van der Waals surface area contributed by atoms with Crippen molar-refractivity contribution in [2.24, 2.45) is 0 Å². The van der Waals surface area contributed by atoms with Gasteiger partial charge < -0.3 is 14.4 Å². The fraction of sp³-hybridized carbons (Fsp3) is 0.263. The van der Waals surface area contributed by atoms with Crippen LogP contribution in [0.15, 0.2) is 42.5 Å². The first kappa shape index (κ1) is 18.4. The minimum Gasteiger partial charge on any atom is -0.477 e. The van der Waals surface area contributed by atoms with Gasteiger partial charge in [0, 0.05) is 17.8 Å². The van der Waals surface area contributed by atoms with Crippen molar-refractivity contribution in [2.45, 2.75) is 19.4 Å². The van der Waals surface area contributed by atoms with Gasteiger partial charge in [0.2, 0.25) is 0 Å². The number of esters is 1. The summed E-state index contributed by atoms with van der Waals surface area (Å²) in [7, 11) is 1.19. The number of rotatable bonds is 5. The second kappa shape index (κ2) is 7.45. The molecule has 1 aliphatic rings. The van der Waals surface area contributed by atoms with E-state index in [1.807, 2.05) is 31.2 Å². The van der Waals surface area contributed by atoms with E-state index < -0.39 is 16.6 Å². The SMILES string of the molecule is COC(=O)c1ccc(OCC(=O)N2c3ccccc3C[C@@H]2C)c([N+](=O)[O-])c1. The highest BCUT2D eigenvalue weighted by atomic mass is 16.6. The van der Waals surface area contributed by atoms with Gasteiger partial charge in [0.1, 0.15) is 0 Å². The highest BCUT2D eigenvalue weighted by molar-refractivity contribution is 5.97. The van der Waals surface area contributed by atoms with E-state index in [0.717, 1.165) is 23.7 Å². The van der Waals surface area contributed by atoms with Crippen LogP contribution in [0.1, 0.15) is 22.8 Å². The molecule has 0 fully saturated rings. The number of anilines is 1. The van der Waals surface area contributed by atoms with Crippen molar-refractivity contribution in [1.29, 1.82) is 0 Å².